The molecule has 0 unspecified atom stereocenters. The molecule has 0 aromatic heterocycles. The molecule has 2 rings (SSSR count). The van der Waals surface area contributed by atoms with Crippen molar-refractivity contribution in [2.45, 2.75) is 38.4 Å². The molecule has 0 aliphatic heterocycles. The summed E-state index contributed by atoms with van der Waals surface area (Å²) in [5.74, 6) is 1.03. The zero-order valence-corrected chi connectivity index (χ0v) is 20.2. The van der Waals surface area contributed by atoms with Crippen molar-refractivity contribution < 1.29 is 17.6 Å². The molecule has 0 saturated carbocycles. The second-order valence-electron chi connectivity index (χ2n) is 8.45. The molecule has 1 N–H and O–H groups in total. The van der Waals surface area contributed by atoms with Crippen molar-refractivity contribution in [3.63, 3.8) is 0 Å². The summed E-state index contributed by atoms with van der Waals surface area (Å²) < 4.78 is 38.5. The van der Waals surface area contributed by atoms with Gasteiger partial charge >= 0.3 is 0 Å². The van der Waals surface area contributed by atoms with Crippen molar-refractivity contribution in [2.24, 2.45) is 0 Å². The van der Waals surface area contributed by atoms with Gasteiger partial charge in [-0.15, -0.1) is 0 Å². The lowest BCUT2D eigenvalue weighted by atomic mass is 9.87. The number of benzene rings is 2. The SMILES string of the molecule is CC(C)(C)c1ccc(N(CC(=O)NCCCSCc2ccc(F)cc2)S(C)(=O)=O)cc1. The molecule has 0 radical (unpaired) electrons. The Balaban J connectivity index is 1.81. The minimum atomic E-state index is -3.59. The Labute approximate surface area is 189 Å². The van der Waals surface area contributed by atoms with Crippen LogP contribution in [0, 0.1) is 5.82 Å². The highest BCUT2D eigenvalue weighted by molar-refractivity contribution is 7.98. The van der Waals surface area contributed by atoms with Crippen LogP contribution in [-0.2, 0) is 26.0 Å². The largest absolute Gasteiger partial charge is 0.354 e. The summed E-state index contributed by atoms with van der Waals surface area (Å²) in [4.78, 5) is 12.3. The zero-order valence-electron chi connectivity index (χ0n) is 18.5. The lowest BCUT2D eigenvalue weighted by Gasteiger charge is -2.24. The molecule has 0 heterocycles. The van der Waals surface area contributed by atoms with Gasteiger partial charge in [-0.25, -0.2) is 12.8 Å². The van der Waals surface area contributed by atoms with Crippen LogP contribution < -0.4 is 9.62 Å². The number of sulfonamides is 1. The third-order valence-corrected chi connectivity index (χ3v) is 6.93. The van der Waals surface area contributed by atoms with E-state index in [4.69, 9.17) is 0 Å². The molecule has 2 aromatic rings. The number of nitrogens with one attached hydrogen (secondary N) is 1. The van der Waals surface area contributed by atoms with Crippen molar-refractivity contribution in [3.05, 3.63) is 65.5 Å². The number of nitrogens with zero attached hydrogens (tertiary/aromatic N) is 1. The molecular weight excluding hydrogens is 435 g/mol. The molecule has 0 spiro atoms. The maximum Gasteiger partial charge on any atom is 0.240 e. The topological polar surface area (TPSA) is 66.5 Å². The Morgan fingerprint density at radius 3 is 2.23 bits per heavy atom. The van der Waals surface area contributed by atoms with Crippen molar-refractivity contribution in [1.29, 1.82) is 0 Å². The van der Waals surface area contributed by atoms with Crippen LogP contribution in [0.1, 0.15) is 38.3 Å². The molecule has 0 saturated heterocycles. The first-order valence-corrected chi connectivity index (χ1v) is 13.1. The van der Waals surface area contributed by atoms with E-state index < -0.39 is 10.0 Å². The maximum atomic E-state index is 12.9. The van der Waals surface area contributed by atoms with Crippen LogP contribution in [0.3, 0.4) is 0 Å². The molecule has 0 fully saturated rings. The van der Waals surface area contributed by atoms with Gasteiger partial charge in [0.05, 0.1) is 11.9 Å². The van der Waals surface area contributed by atoms with E-state index in [0.717, 1.165) is 39.6 Å². The van der Waals surface area contributed by atoms with Gasteiger partial charge in [0.15, 0.2) is 0 Å². The number of carbonyl (C=O) groups excluding carboxylic acids is 1. The zero-order chi connectivity index (χ0) is 23.1. The van der Waals surface area contributed by atoms with E-state index in [1.165, 1.54) is 12.1 Å². The van der Waals surface area contributed by atoms with Crippen molar-refractivity contribution in [1.82, 2.24) is 5.32 Å². The van der Waals surface area contributed by atoms with E-state index in [1.54, 1.807) is 36.0 Å². The molecule has 170 valence electrons. The Kier molecular flexibility index (Phi) is 8.94. The molecule has 1 amide bonds. The molecule has 0 atom stereocenters. The van der Waals surface area contributed by atoms with Gasteiger partial charge < -0.3 is 5.32 Å². The summed E-state index contributed by atoms with van der Waals surface area (Å²) in [7, 11) is -3.59. The van der Waals surface area contributed by atoms with E-state index >= 15 is 0 Å². The van der Waals surface area contributed by atoms with Crippen LogP contribution in [0.15, 0.2) is 48.5 Å². The highest BCUT2D eigenvalue weighted by Gasteiger charge is 2.21. The average Bonchev–Trinajstić information content (AvgIpc) is 2.69. The summed E-state index contributed by atoms with van der Waals surface area (Å²) in [5.41, 5.74) is 2.57. The lowest BCUT2D eigenvalue weighted by Crippen LogP contribution is -2.40. The maximum absolute atomic E-state index is 12.9. The molecule has 2 aromatic carbocycles. The second-order valence-corrected chi connectivity index (χ2v) is 11.5. The summed E-state index contributed by atoms with van der Waals surface area (Å²) in [6.07, 6.45) is 1.86. The number of halogens is 1. The molecule has 0 aliphatic carbocycles. The molecule has 8 heteroatoms. The van der Waals surface area contributed by atoms with Crippen LogP contribution in [0.4, 0.5) is 10.1 Å². The molecule has 31 heavy (non-hydrogen) atoms. The average molecular weight is 467 g/mol. The molecule has 5 nitrogen and oxygen atoms in total. The van der Waals surface area contributed by atoms with Crippen LogP contribution in [0.5, 0.6) is 0 Å². The fraction of sp³-hybridized carbons (Fsp3) is 0.435. The third kappa shape index (κ3) is 8.53. The van der Waals surface area contributed by atoms with Crippen molar-refractivity contribution in [3.8, 4) is 0 Å². The first-order chi connectivity index (χ1) is 14.5. The van der Waals surface area contributed by atoms with Crippen molar-refractivity contribution >= 4 is 33.4 Å². The predicted molar refractivity (Wildman–Crippen MR) is 128 cm³/mol. The summed E-state index contributed by atoms with van der Waals surface area (Å²) >= 11 is 1.70. The third-order valence-electron chi connectivity index (χ3n) is 4.68. The van der Waals surface area contributed by atoms with Crippen LogP contribution >= 0.6 is 11.8 Å². The minimum absolute atomic E-state index is 0.0411. The van der Waals surface area contributed by atoms with E-state index in [2.05, 4.69) is 26.1 Å². The minimum Gasteiger partial charge on any atom is -0.354 e. The summed E-state index contributed by atoms with van der Waals surface area (Å²) in [6.45, 7) is 6.47. The highest BCUT2D eigenvalue weighted by atomic mass is 32.2. The quantitative estimate of drug-likeness (QED) is 0.530. The number of thioether (sulfide) groups is 1. The van der Waals surface area contributed by atoms with Gasteiger partial charge in [0, 0.05) is 12.3 Å². The van der Waals surface area contributed by atoms with E-state index in [1.807, 2.05) is 12.1 Å². The van der Waals surface area contributed by atoms with Gasteiger partial charge in [-0.1, -0.05) is 45.0 Å². The van der Waals surface area contributed by atoms with Crippen LogP contribution in [0.2, 0.25) is 0 Å². The van der Waals surface area contributed by atoms with E-state index in [-0.39, 0.29) is 23.7 Å². The standard InChI is InChI=1S/C23H31FN2O3S2/c1-23(2,3)19-8-12-21(13-9-19)26(31(4,28)29)16-22(27)25-14-5-15-30-17-18-6-10-20(24)11-7-18/h6-13H,5,14-17H2,1-4H3,(H,25,27). The monoisotopic (exact) mass is 466 g/mol. The predicted octanol–water partition coefficient (Wildman–Crippen LogP) is 4.33. The molecule has 0 bridgehead atoms. The number of carbonyl (C=O) groups is 1. The molecular formula is C23H31FN2O3S2. The van der Waals surface area contributed by atoms with Gasteiger partial charge in [0.25, 0.3) is 0 Å². The summed E-state index contributed by atoms with van der Waals surface area (Å²) in [5, 5.41) is 2.79. The first-order valence-electron chi connectivity index (χ1n) is 10.1. The van der Waals surface area contributed by atoms with Gasteiger partial charge in [-0.2, -0.15) is 11.8 Å². The highest BCUT2D eigenvalue weighted by Crippen LogP contribution is 2.25. The normalized spacial score (nSPS) is 11.9. The van der Waals surface area contributed by atoms with E-state index in [0.29, 0.717) is 12.2 Å². The van der Waals surface area contributed by atoms with Gasteiger partial charge in [0.1, 0.15) is 12.4 Å². The van der Waals surface area contributed by atoms with Crippen LogP contribution in [-0.4, -0.2) is 39.4 Å². The Morgan fingerprint density at radius 2 is 1.68 bits per heavy atom. The number of anilines is 1. The molecule has 0 aliphatic rings. The van der Waals surface area contributed by atoms with Crippen molar-refractivity contribution in [2.75, 3.05) is 29.4 Å². The van der Waals surface area contributed by atoms with Gasteiger partial charge in [0.2, 0.25) is 15.9 Å². The Bertz CT molecular complexity index is 954. The summed E-state index contributed by atoms with van der Waals surface area (Å²) in [6, 6.07) is 13.7. The van der Waals surface area contributed by atoms with E-state index in [9.17, 15) is 17.6 Å². The van der Waals surface area contributed by atoms with Crippen LogP contribution in [0.25, 0.3) is 0 Å². The second kappa shape index (κ2) is 11.0. The number of rotatable bonds is 10. The Morgan fingerprint density at radius 1 is 1.06 bits per heavy atom. The smallest absolute Gasteiger partial charge is 0.240 e. The number of amides is 1. The fourth-order valence-corrected chi connectivity index (χ4v) is 4.66. The number of hydrogen-bond donors (Lipinski definition) is 1. The lowest BCUT2D eigenvalue weighted by molar-refractivity contribution is -0.119. The first kappa shape index (κ1) is 25.2. The van der Waals surface area contributed by atoms with Gasteiger partial charge in [-0.05, 0) is 53.0 Å². The number of hydrogen-bond acceptors (Lipinski definition) is 4. The Hall–Kier alpha value is -2.06. The fourth-order valence-electron chi connectivity index (χ4n) is 2.89. The van der Waals surface area contributed by atoms with Gasteiger partial charge in [-0.3, -0.25) is 9.10 Å².